The number of aromatic nitrogens is 2. The van der Waals surface area contributed by atoms with Gasteiger partial charge >= 0.3 is 0 Å². The van der Waals surface area contributed by atoms with Crippen molar-refractivity contribution in [3.63, 3.8) is 0 Å². The molecular weight excluding hydrogens is 266 g/mol. The standard InChI is InChI=1S/C12H10BrN3/c1-9-7-15-16(8-9)12-3-2-10(5-13)4-11(12)6-14/h2-4,7-8H,5H2,1H3. The van der Waals surface area contributed by atoms with E-state index >= 15 is 0 Å². The van der Waals surface area contributed by atoms with Crippen LogP contribution in [-0.2, 0) is 5.33 Å². The minimum absolute atomic E-state index is 0.639. The number of nitriles is 1. The fourth-order valence-corrected chi connectivity index (χ4v) is 1.85. The highest BCUT2D eigenvalue weighted by molar-refractivity contribution is 9.08. The van der Waals surface area contributed by atoms with Gasteiger partial charge in [-0.25, -0.2) is 4.68 Å². The molecule has 0 N–H and O–H groups in total. The number of rotatable bonds is 2. The van der Waals surface area contributed by atoms with Gasteiger partial charge in [0, 0.05) is 11.5 Å². The summed E-state index contributed by atoms with van der Waals surface area (Å²) in [5.41, 5.74) is 3.62. The van der Waals surface area contributed by atoms with E-state index in [4.69, 9.17) is 5.26 Å². The molecule has 1 aromatic heterocycles. The number of alkyl halides is 1. The van der Waals surface area contributed by atoms with E-state index in [0.717, 1.165) is 22.1 Å². The van der Waals surface area contributed by atoms with Crippen LogP contribution in [0.5, 0.6) is 0 Å². The zero-order valence-corrected chi connectivity index (χ0v) is 10.4. The highest BCUT2D eigenvalue weighted by Gasteiger charge is 2.06. The van der Waals surface area contributed by atoms with Gasteiger partial charge in [-0.2, -0.15) is 10.4 Å². The van der Waals surface area contributed by atoms with Crippen molar-refractivity contribution in [3.05, 3.63) is 47.3 Å². The van der Waals surface area contributed by atoms with Crippen molar-refractivity contribution in [2.45, 2.75) is 12.3 Å². The monoisotopic (exact) mass is 275 g/mol. The summed E-state index contributed by atoms with van der Waals surface area (Å²) in [5, 5.41) is 14.1. The summed E-state index contributed by atoms with van der Waals surface area (Å²) in [6.07, 6.45) is 3.68. The number of nitrogens with zero attached hydrogens (tertiary/aromatic N) is 3. The third-order valence-corrected chi connectivity index (χ3v) is 2.94. The van der Waals surface area contributed by atoms with Crippen LogP contribution in [0.4, 0.5) is 0 Å². The average molecular weight is 276 g/mol. The second-order valence-electron chi connectivity index (χ2n) is 3.56. The van der Waals surface area contributed by atoms with Crippen LogP contribution in [-0.4, -0.2) is 9.78 Å². The first kappa shape index (κ1) is 10.9. The van der Waals surface area contributed by atoms with Crippen LogP contribution in [0.3, 0.4) is 0 Å². The molecule has 4 heteroatoms. The van der Waals surface area contributed by atoms with Gasteiger partial charge < -0.3 is 0 Å². The van der Waals surface area contributed by atoms with E-state index in [1.807, 2.05) is 31.3 Å². The third kappa shape index (κ3) is 2.00. The molecule has 0 spiro atoms. The van der Waals surface area contributed by atoms with Gasteiger partial charge in [0.1, 0.15) is 6.07 Å². The summed E-state index contributed by atoms with van der Waals surface area (Å²) in [4.78, 5) is 0. The second-order valence-corrected chi connectivity index (χ2v) is 4.12. The first-order valence-corrected chi connectivity index (χ1v) is 5.97. The Morgan fingerprint density at radius 2 is 2.31 bits per heavy atom. The maximum absolute atomic E-state index is 9.10. The molecule has 80 valence electrons. The van der Waals surface area contributed by atoms with Crippen molar-refractivity contribution < 1.29 is 0 Å². The second kappa shape index (κ2) is 4.50. The molecule has 0 atom stereocenters. The number of aryl methyl sites for hydroxylation is 1. The Hall–Kier alpha value is -1.60. The van der Waals surface area contributed by atoms with Crippen molar-refractivity contribution in [2.75, 3.05) is 0 Å². The molecule has 2 aromatic rings. The van der Waals surface area contributed by atoms with Gasteiger partial charge in [-0.1, -0.05) is 22.0 Å². The molecule has 0 unspecified atom stereocenters. The summed E-state index contributed by atoms with van der Waals surface area (Å²) < 4.78 is 1.73. The van der Waals surface area contributed by atoms with E-state index in [1.165, 1.54) is 0 Å². The lowest BCUT2D eigenvalue weighted by atomic mass is 10.1. The highest BCUT2D eigenvalue weighted by atomic mass is 79.9. The zero-order valence-electron chi connectivity index (χ0n) is 8.81. The minimum atomic E-state index is 0.639. The SMILES string of the molecule is Cc1cnn(-c2ccc(CBr)cc2C#N)c1. The number of benzene rings is 1. The Balaban J connectivity index is 2.53. The van der Waals surface area contributed by atoms with Crippen LogP contribution in [0, 0.1) is 18.3 Å². The lowest BCUT2D eigenvalue weighted by Crippen LogP contribution is -1.98. The smallest absolute Gasteiger partial charge is 0.101 e. The van der Waals surface area contributed by atoms with Crippen LogP contribution in [0.2, 0.25) is 0 Å². The fourth-order valence-electron chi connectivity index (χ4n) is 1.50. The lowest BCUT2D eigenvalue weighted by Gasteiger charge is -2.05. The summed E-state index contributed by atoms with van der Waals surface area (Å²) in [7, 11) is 0. The molecule has 0 aliphatic rings. The Kier molecular flexibility index (Phi) is 3.07. The normalized spacial score (nSPS) is 10.1. The van der Waals surface area contributed by atoms with Gasteiger partial charge in [0.05, 0.1) is 17.4 Å². The van der Waals surface area contributed by atoms with Crippen molar-refractivity contribution in [1.82, 2.24) is 9.78 Å². The van der Waals surface area contributed by atoms with Crippen molar-refractivity contribution in [1.29, 1.82) is 5.26 Å². The first-order valence-electron chi connectivity index (χ1n) is 4.85. The molecule has 0 aliphatic heterocycles. The zero-order chi connectivity index (χ0) is 11.5. The first-order chi connectivity index (χ1) is 7.74. The quantitative estimate of drug-likeness (QED) is 0.791. The van der Waals surface area contributed by atoms with Crippen LogP contribution in [0.1, 0.15) is 16.7 Å². The maximum atomic E-state index is 9.10. The summed E-state index contributed by atoms with van der Waals surface area (Å²) in [5.74, 6) is 0. The van der Waals surface area contributed by atoms with Crippen molar-refractivity contribution in [3.8, 4) is 11.8 Å². The van der Waals surface area contributed by atoms with Gasteiger partial charge in [-0.3, -0.25) is 0 Å². The summed E-state index contributed by atoms with van der Waals surface area (Å²) in [6, 6.07) is 7.98. The average Bonchev–Trinajstić information content (AvgIpc) is 2.74. The van der Waals surface area contributed by atoms with E-state index in [-0.39, 0.29) is 0 Å². The van der Waals surface area contributed by atoms with Gasteiger partial charge in [0.2, 0.25) is 0 Å². The molecule has 0 aliphatic carbocycles. The number of hydrogen-bond acceptors (Lipinski definition) is 2. The van der Waals surface area contributed by atoms with Crippen LogP contribution in [0.25, 0.3) is 5.69 Å². The fraction of sp³-hybridized carbons (Fsp3) is 0.167. The largest absolute Gasteiger partial charge is 0.239 e. The number of halogens is 1. The van der Waals surface area contributed by atoms with E-state index < -0.39 is 0 Å². The lowest BCUT2D eigenvalue weighted by molar-refractivity contribution is 0.876. The van der Waals surface area contributed by atoms with Gasteiger partial charge in [0.15, 0.2) is 0 Å². The predicted molar refractivity (Wildman–Crippen MR) is 65.6 cm³/mol. The van der Waals surface area contributed by atoms with Gasteiger partial charge in [-0.15, -0.1) is 0 Å². The molecule has 0 amide bonds. The molecular formula is C12H10BrN3. The van der Waals surface area contributed by atoms with Gasteiger partial charge in [-0.05, 0) is 30.2 Å². The Bertz CT molecular complexity index is 552. The molecule has 0 saturated heterocycles. The molecule has 0 fully saturated rings. The van der Waals surface area contributed by atoms with Crippen LogP contribution >= 0.6 is 15.9 Å². The third-order valence-electron chi connectivity index (χ3n) is 2.29. The topological polar surface area (TPSA) is 41.6 Å². The molecule has 16 heavy (non-hydrogen) atoms. The van der Waals surface area contributed by atoms with E-state index in [2.05, 4.69) is 27.1 Å². The van der Waals surface area contributed by atoms with Crippen LogP contribution in [0.15, 0.2) is 30.6 Å². The van der Waals surface area contributed by atoms with E-state index in [1.54, 1.807) is 10.9 Å². The maximum Gasteiger partial charge on any atom is 0.101 e. The molecule has 2 rings (SSSR count). The highest BCUT2D eigenvalue weighted by Crippen LogP contribution is 2.17. The van der Waals surface area contributed by atoms with Gasteiger partial charge in [0.25, 0.3) is 0 Å². The molecule has 0 saturated carbocycles. The van der Waals surface area contributed by atoms with Crippen molar-refractivity contribution >= 4 is 15.9 Å². The predicted octanol–water partition coefficient (Wildman–Crippen LogP) is 2.95. The van der Waals surface area contributed by atoms with Crippen LogP contribution < -0.4 is 0 Å². The number of hydrogen-bond donors (Lipinski definition) is 0. The summed E-state index contributed by atoms with van der Waals surface area (Å²) >= 11 is 3.37. The Labute approximate surface area is 102 Å². The molecule has 0 bridgehead atoms. The van der Waals surface area contributed by atoms with E-state index in [9.17, 15) is 0 Å². The van der Waals surface area contributed by atoms with E-state index in [0.29, 0.717) is 5.56 Å². The Morgan fingerprint density at radius 1 is 1.50 bits per heavy atom. The molecule has 1 aromatic carbocycles. The van der Waals surface area contributed by atoms with Crippen molar-refractivity contribution in [2.24, 2.45) is 0 Å². The molecule has 3 nitrogen and oxygen atoms in total. The minimum Gasteiger partial charge on any atom is -0.239 e. The molecule has 0 radical (unpaired) electrons. The summed E-state index contributed by atoms with van der Waals surface area (Å²) in [6.45, 7) is 1.97. The molecule has 1 heterocycles. The Morgan fingerprint density at radius 3 is 2.88 bits per heavy atom.